The Morgan fingerprint density at radius 2 is 1.61 bits per heavy atom. The van der Waals surface area contributed by atoms with Gasteiger partial charge in [-0.3, -0.25) is 9.59 Å². The lowest BCUT2D eigenvalue weighted by atomic mass is 9.86. The summed E-state index contributed by atoms with van der Waals surface area (Å²) in [4.78, 5) is 28.3. The first-order valence-electron chi connectivity index (χ1n) is 9.70. The number of nitrogens with zero attached hydrogens (tertiary/aromatic N) is 4. The van der Waals surface area contributed by atoms with Gasteiger partial charge in [0.2, 0.25) is 11.8 Å². The zero-order valence-electron chi connectivity index (χ0n) is 17.1. The summed E-state index contributed by atoms with van der Waals surface area (Å²) in [6.45, 7) is 10.2. The van der Waals surface area contributed by atoms with Crippen molar-refractivity contribution >= 4 is 11.8 Å². The highest BCUT2D eigenvalue weighted by molar-refractivity contribution is 5.89. The number of amides is 2. The lowest BCUT2D eigenvalue weighted by Gasteiger charge is -2.34. The number of benzene rings is 1. The Balaban J connectivity index is 1.47. The normalized spacial score (nSPS) is 15.0. The fourth-order valence-corrected chi connectivity index (χ4v) is 3.26. The van der Waals surface area contributed by atoms with Crippen LogP contribution < -0.4 is 0 Å². The molecule has 0 aliphatic carbocycles. The molecule has 28 heavy (non-hydrogen) atoms. The van der Waals surface area contributed by atoms with Crippen LogP contribution in [0.1, 0.15) is 54.9 Å². The highest BCUT2D eigenvalue weighted by Gasteiger charge is 2.27. The number of carbonyl (C=O) groups excluding carboxylic acids is 2. The second kappa shape index (κ2) is 8.12. The second-order valence-corrected chi connectivity index (χ2v) is 8.25. The fraction of sp³-hybridized carbons (Fsp3) is 0.524. The zero-order chi connectivity index (χ0) is 20.3. The van der Waals surface area contributed by atoms with Crippen molar-refractivity contribution in [3.05, 3.63) is 47.2 Å². The molecule has 0 saturated carbocycles. The number of aromatic nitrogens is 2. The van der Waals surface area contributed by atoms with Gasteiger partial charge < -0.3 is 14.2 Å². The molecule has 7 nitrogen and oxygen atoms in total. The summed E-state index contributed by atoms with van der Waals surface area (Å²) in [5.74, 6) is 0.232. The van der Waals surface area contributed by atoms with Crippen molar-refractivity contribution in [3.63, 3.8) is 0 Å². The fourth-order valence-electron chi connectivity index (χ4n) is 3.26. The Bertz CT molecular complexity index is 828. The predicted octanol–water partition coefficient (Wildman–Crippen LogP) is 2.59. The third kappa shape index (κ3) is 4.77. The maximum atomic E-state index is 12.5. The summed E-state index contributed by atoms with van der Waals surface area (Å²) < 4.78 is 5.20. The van der Waals surface area contributed by atoms with E-state index in [4.69, 9.17) is 4.42 Å². The second-order valence-electron chi connectivity index (χ2n) is 8.25. The van der Waals surface area contributed by atoms with Crippen LogP contribution >= 0.6 is 0 Å². The van der Waals surface area contributed by atoms with Gasteiger partial charge in [0.1, 0.15) is 0 Å². The highest BCUT2D eigenvalue weighted by Crippen LogP contribution is 2.22. The van der Waals surface area contributed by atoms with Crippen LogP contribution in [0.2, 0.25) is 0 Å². The number of hydrogen-bond donors (Lipinski definition) is 0. The number of aryl methyl sites for hydroxylation is 2. The smallest absolute Gasteiger partial charge is 0.311 e. The molecule has 2 heterocycles. The van der Waals surface area contributed by atoms with Gasteiger partial charge in [0, 0.05) is 39.5 Å². The Hall–Kier alpha value is -2.70. The maximum Gasteiger partial charge on any atom is 0.311 e. The van der Waals surface area contributed by atoms with Crippen LogP contribution in [-0.4, -0.2) is 58.0 Å². The van der Waals surface area contributed by atoms with Crippen molar-refractivity contribution in [2.75, 3.05) is 26.2 Å². The quantitative estimate of drug-likeness (QED) is 0.809. The van der Waals surface area contributed by atoms with Crippen molar-refractivity contribution in [2.24, 2.45) is 0 Å². The summed E-state index contributed by atoms with van der Waals surface area (Å²) in [6, 6.07) is 8.50. The average Bonchev–Trinajstić information content (AvgIpc) is 3.11. The third-order valence-electron chi connectivity index (χ3n) is 5.08. The minimum atomic E-state index is -0.272. The molecule has 1 aliphatic rings. The van der Waals surface area contributed by atoms with Crippen molar-refractivity contribution in [1.29, 1.82) is 0 Å². The van der Waals surface area contributed by atoms with Crippen LogP contribution in [-0.2, 0) is 16.6 Å². The molecule has 1 aromatic heterocycles. The first-order chi connectivity index (χ1) is 13.2. The van der Waals surface area contributed by atoms with E-state index in [2.05, 4.69) is 55.2 Å². The maximum absolute atomic E-state index is 12.5. The average molecular weight is 384 g/mol. The molecule has 0 atom stereocenters. The number of hydrogen-bond acceptors (Lipinski definition) is 5. The van der Waals surface area contributed by atoms with Crippen molar-refractivity contribution in [3.8, 4) is 0 Å². The summed E-state index contributed by atoms with van der Waals surface area (Å²) in [5.41, 5.74) is 2.59. The minimum absolute atomic E-state index is 0.0102. The van der Waals surface area contributed by atoms with Gasteiger partial charge in [0.05, 0.1) is 0 Å². The first-order valence-corrected chi connectivity index (χ1v) is 9.70. The molecule has 0 N–H and O–H groups in total. The molecular formula is C21H28N4O3. The number of carbonyl (C=O) groups is 2. The van der Waals surface area contributed by atoms with E-state index in [-0.39, 0.29) is 23.1 Å². The molecule has 1 aromatic carbocycles. The Morgan fingerprint density at radius 1 is 1.00 bits per heavy atom. The van der Waals surface area contributed by atoms with Crippen LogP contribution in [0.25, 0.3) is 0 Å². The molecule has 1 saturated heterocycles. The molecule has 0 bridgehead atoms. The van der Waals surface area contributed by atoms with Gasteiger partial charge in [-0.15, -0.1) is 10.2 Å². The molecule has 3 rings (SSSR count). The molecular weight excluding hydrogens is 356 g/mol. The lowest BCUT2D eigenvalue weighted by Crippen LogP contribution is -2.50. The largest absolute Gasteiger partial charge is 0.417 e. The molecule has 0 spiro atoms. The number of piperazine rings is 1. The molecule has 7 heteroatoms. The summed E-state index contributed by atoms with van der Waals surface area (Å²) in [6.07, 6.45) is 1.20. The molecule has 2 amide bonds. The van der Waals surface area contributed by atoms with Crippen LogP contribution in [0.5, 0.6) is 0 Å². The SMILES string of the molecule is Cc1nnc(C(=O)N2CCN(C(=O)CCc3ccc(C(C)(C)C)cc3)CC2)o1. The van der Waals surface area contributed by atoms with Gasteiger partial charge >= 0.3 is 11.8 Å². The van der Waals surface area contributed by atoms with E-state index in [9.17, 15) is 9.59 Å². The van der Waals surface area contributed by atoms with Crippen LogP contribution in [0.3, 0.4) is 0 Å². The van der Waals surface area contributed by atoms with Gasteiger partial charge in [-0.25, -0.2) is 0 Å². The van der Waals surface area contributed by atoms with Crippen LogP contribution in [0.4, 0.5) is 0 Å². The Kier molecular flexibility index (Phi) is 5.82. The van der Waals surface area contributed by atoms with E-state index < -0.39 is 0 Å². The third-order valence-corrected chi connectivity index (χ3v) is 5.08. The lowest BCUT2D eigenvalue weighted by molar-refractivity contribution is -0.132. The monoisotopic (exact) mass is 384 g/mol. The van der Waals surface area contributed by atoms with Gasteiger partial charge in [0.25, 0.3) is 0 Å². The molecule has 150 valence electrons. The van der Waals surface area contributed by atoms with E-state index in [1.54, 1.807) is 11.8 Å². The topological polar surface area (TPSA) is 79.5 Å². The van der Waals surface area contributed by atoms with Gasteiger partial charge in [-0.05, 0) is 23.0 Å². The number of rotatable bonds is 4. The summed E-state index contributed by atoms with van der Waals surface area (Å²) >= 11 is 0. The van der Waals surface area contributed by atoms with Gasteiger partial charge in [-0.2, -0.15) is 0 Å². The molecule has 0 unspecified atom stereocenters. The highest BCUT2D eigenvalue weighted by atomic mass is 16.4. The molecule has 1 fully saturated rings. The molecule has 0 radical (unpaired) electrons. The van der Waals surface area contributed by atoms with Crippen LogP contribution in [0.15, 0.2) is 28.7 Å². The van der Waals surface area contributed by atoms with E-state index in [0.717, 1.165) is 6.42 Å². The summed E-state index contributed by atoms with van der Waals surface area (Å²) in [7, 11) is 0. The van der Waals surface area contributed by atoms with E-state index in [1.165, 1.54) is 11.1 Å². The van der Waals surface area contributed by atoms with Crippen LogP contribution in [0, 0.1) is 6.92 Å². The van der Waals surface area contributed by atoms with E-state index in [1.807, 2.05) is 4.90 Å². The molecule has 2 aromatic rings. The Morgan fingerprint density at radius 3 is 2.14 bits per heavy atom. The Labute approximate surface area is 165 Å². The van der Waals surface area contributed by atoms with Crippen molar-refractivity contribution < 1.29 is 14.0 Å². The molecule has 1 aliphatic heterocycles. The van der Waals surface area contributed by atoms with Crippen molar-refractivity contribution in [2.45, 2.75) is 46.0 Å². The van der Waals surface area contributed by atoms with E-state index >= 15 is 0 Å². The minimum Gasteiger partial charge on any atom is -0.417 e. The zero-order valence-corrected chi connectivity index (χ0v) is 17.1. The van der Waals surface area contributed by atoms with Gasteiger partial charge in [-0.1, -0.05) is 45.0 Å². The standard InChI is InChI=1S/C21H28N4O3/c1-15-22-23-19(28-15)20(27)25-13-11-24(12-14-25)18(26)10-7-16-5-8-17(9-6-16)21(2,3)4/h5-6,8-9H,7,10-14H2,1-4H3. The van der Waals surface area contributed by atoms with E-state index in [0.29, 0.717) is 38.5 Å². The van der Waals surface area contributed by atoms with Crippen molar-refractivity contribution in [1.82, 2.24) is 20.0 Å². The van der Waals surface area contributed by atoms with Gasteiger partial charge in [0.15, 0.2) is 0 Å². The first kappa shape index (κ1) is 20.0. The summed E-state index contributed by atoms with van der Waals surface area (Å²) in [5, 5.41) is 7.46. The predicted molar refractivity (Wildman–Crippen MR) is 105 cm³/mol.